The van der Waals surface area contributed by atoms with Crippen LogP contribution in [0.4, 0.5) is 10.1 Å². The fraction of sp³-hybridized carbons (Fsp3) is 0.333. The first-order valence-corrected chi connectivity index (χ1v) is 6.69. The Morgan fingerprint density at radius 2 is 2.47 bits per heavy atom. The van der Waals surface area contributed by atoms with Gasteiger partial charge in [0.2, 0.25) is 0 Å². The molecule has 2 aromatic heterocycles. The summed E-state index contributed by atoms with van der Waals surface area (Å²) in [7, 11) is 0. The molecule has 0 aromatic carbocycles. The number of amides is 1. The number of aromatic amines is 1. The van der Waals surface area contributed by atoms with E-state index in [4.69, 9.17) is 4.74 Å². The first-order valence-electron chi connectivity index (χ1n) is 5.90. The van der Waals surface area contributed by atoms with Crippen molar-refractivity contribution >= 4 is 38.6 Å². The Hall–Kier alpha value is -1.47. The molecule has 0 spiro atoms. The van der Waals surface area contributed by atoms with Crippen molar-refractivity contribution in [2.45, 2.75) is 18.9 Å². The highest BCUT2D eigenvalue weighted by Crippen LogP contribution is 2.29. The van der Waals surface area contributed by atoms with E-state index >= 15 is 0 Å². The van der Waals surface area contributed by atoms with Crippen LogP contribution < -0.4 is 5.32 Å². The summed E-state index contributed by atoms with van der Waals surface area (Å²) in [5, 5.41) is 2.94. The second kappa shape index (κ2) is 4.90. The summed E-state index contributed by atoms with van der Waals surface area (Å²) in [5.41, 5.74) is 0.769. The second-order valence-electron chi connectivity index (χ2n) is 4.34. The van der Waals surface area contributed by atoms with E-state index in [1.165, 1.54) is 12.4 Å². The Balaban J connectivity index is 1.92. The number of carbonyl (C=O) groups is 1. The van der Waals surface area contributed by atoms with Gasteiger partial charge in [-0.1, -0.05) is 0 Å². The highest BCUT2D eigenvalue weighted by atomic mass is 79.9. The van der Waals surface area contributed by atoms with Gasteiger partial charge in [0.05, 0.1) is 15.5 Å². The van der Waals surface area contributed by atoms with Gasteiger partial charge in [-0.05, 0) is 28.8 Å². The quantitative estimate of drug-likeness (QED) is 0.890. The second-order valence-corrected chi connectivity index (χ2v) is 5.19. The Labute approximate surface area is 116 Å². The lowest BCUT2D eigenvalue weighted by atomic mass is 10.2. The Kier molecular flexibility index (Phi) is 3.24. The van der Waals surface area contributed by atoms with E-state index in [9.17, 15) is 9.18 Å². The molecule has 5 nitrogen and oxygen atoms in total. The third-order valence-corrected chi connectivity index (χ3v) is 3.63. The molecule has 1 fully saturated rings. The molecule has 1 amide bonds. The molecular weight excluding hydrogens is 317 g/mol. The molecule has 2 N–H and O–H groups in total. The molecule has 100 valence electrons. The van der Waals surface area contributed by atoms with E-state index in [-0.39, 0.29) is 15.8 Å². The minimum absolute atomic E-state index is 0.252. The molecule has 1 saturated heterocycles. The molecule has 3 heterocycles. The van der Waals surface area contributed by atoms with Crippen molar-refractivity contribution in [3.63, 3.8) is 0 Å². The molecular formula is C12H11BrFN3O2. The zero-order valence-corrected chi connectivity index (χ0v) is 11.5. The number of halogens is 2. The number of rotatable bonds is 2. The van der Waals surface area contributed by atoms with Crippen molar-refractivity contribution in [1.82, 2.24) is 9.97 Å². The molecule has 0 unspecified atom stereocenters. The number of hydrogen-bond donors (Lipinski definition) is 2. The lowest BCUT2D eigenvalue weighted by Gasteiger charge is -2.09. The molecule has 7 heteroatoms. The fourth-order valence-electron chi connectivity index (χ4n) is 2.13. The van der Waals surface area contributed by atoms with E-state index in [1.54, 1.807) is 0 Å². The van der Waals surface area contributed by atoms with Gasteiger partial charge in [-0.25, -0.2) is 9.37 Å². The van der Waals surface area contributed by atoms with Crippen molar-refractivity contribution in [3.05, 3.63) is 22.7 Å². The highest BCUT2D eigenvalue weighted by molar-refractivity contribution is 9.10. The highest BCUT2D eigenvalue weighted by Gasteiger charge is 2.25. The van der Waals surface area contributed by atoms with Crippen molar-refractivity contribution < 1.29 is 13.9 Å². The molecule has 2 aromatic rings. The summed E-state index contributed by atoms with van der Waals surface area (Å²) in [6.07, 6.45) is 4.01. The van der Waals surface area contributed by atoms with Crippen LogP contribution >= 0.6 is 15.9 Å². The average molecular weight is 328 g/mol. The van der Waals surface area contributed by atoms with Crippen molar-refractivity contribution in [2.75, 3.05) is 11.9 Å². The van der Waals surface area contributed by atoms with Crippen LogP contribution in [0, 0.1) is 5.82 Å². The summed E-state index contributed by atoms with van der Waals surface area (Å²) in [6, 6.07) is 0. The normalized spacial score (nSPS) is 18.9. The van der Waals surface area contributed by atoms with E-state index in [2.05, 4.69) is 31.2 Å². The predicted octanol–water partition coefficient (Wildman–Crippen LogP) is 2.58. The van der Waals surface area contributed by atoms with Crippen molar-refractivity contribution in [3.8, 4) is 0 Å². The Morgan fingerprint density at radius 1 is 1.63 bits per heavy atom. The molecule has 1 aliphatic heterocycles. The van der Waals surface area contributed by atoms with Crippen LogP contribution in [-0.4, -0.2) is 28.6 Å². The van der Waals surface area contributed by atoms with Gasteiger partial charge < -0.3 is 15.0 Å². The van der Waals surface area contributed by atoms with E-state index < -0.39 is 11.9 Å². The lowest BCUT2D eigenvalue weighted by Crippen LogP contribution is -2.26. The minimum Gasteiger partial charge on any atom is -0.368 e. The maximum Gasteiger partial charge on any atom is 0.253 e. The topological polar surface area (TPSA) is 67.0 Å². The number of pyridine rings is 1. The third kappa shape index (κ3) is 2.23. The molecule has 1 aliphatic rings. The van der Waals surface area contributed by atoms with Crippen LogP contribution in [0.2, 0.25) is 0 Å². The summed E-state index contributed by atoms with van der Waals surface area (Å²) < 4.78 is 19.6. The standard InChI is InChI=1S/C12H11BrFN3O2/c13-6-4-15-11-9(10(6)14)7(5-16-11)17-12(18)8-2-1-3-19-8/h4-5,8H,1-3H2,(H,15,16)(H,17,18)/t8-/m0/s1. The maximum absolute atomic E-state index is 14.0. The third-order valence-electron chi connectivity index (χ3n) is 3.08. The van der Waals surface area contributed by atoms with Gasteiger partial charge in [-0.2, -0.15) is 0 Å². The van der Waals surface area contributed by atoms with Gasteiger partial charge in [0.25, 0.3) is 5.91 Å². The summed E-state index contributed by atoms with van der Waals surface area (Å²) in [5.74, 6) is -0.702. The number of hydrogen-bond acceptors (Lipinski definition) is 3. The number of aromatic nitrogens is 2. The number of fused-ring (bicyclic) bond motifs is 1. The number of nitrogens with one attached hydrogen (secondary N) is 2. The molecule has 0 aliphatic carbocycles. The molecule has 0 saturated carbocycles. The molecule has 1 atom stereocenters. The lowest BCUT2D eigenvalue weighted by molar-refractivity contribution is -0.124. The average Bonchev–Trinajstić information content (AvgIpc) is 3.03. The van der Waals surface area contributed by atoms with E-state index in [1.807, 2.05) is 0 Å². The maximum atomic E-state index is 14.0. The van der Waals surface area contributed by atoms with Gasteiger partial charge in [0, 0.05) is 19.0 Å². The number of nitrogens with zero attached hydrogens (tertiary/aromatic N) is 1. The van der Waals surface area contributed by atoms with Crippen molar-refractivity contribution in [2.24, 2.45) is 0 Å². The SMILES string of the molecule is O=C(Nc1c[nH]c2ncc(Br)c(F)c12)[C@@H]1CCCO1. The van der Waals surface area contributed by atoms with E-state index in [0.29, 0.717) is 24.4 Å². The van der Waals surface area contributed by atoms with Crippen LogP contribution in [0.15, 0.2) is 16.9 Å². The van der Waals surface area contributed by atoms with Gasteiger partial charge in [0.15, 0.2) is 5.82 Å². The first kappa shape index (κ1) is 12.6. The smallest absolute Gasteiger partial charge is 0.253 e. The summed E-state index contributed by atoms with van der Waals surface area (Å²) in [4.78, 5) is 18.8. The minimum atomic E-state index is -0.451. The Morgan fingerprint density at radius 3 is 3.21 bits per heavy atom. The Bertz CT molecular complexity index is 637. The number of carbonyl (C=O) groups excluding carboxylic acids is 1. The molecule has 3 rings (SSSR count). The predicted molar refractivity (Wildman–Crippen MR) is 71.4 cm³/mol. The van der Waals surface area contributed by atoms with Crippen LogP contribution in [0.1, 0.15) is 12.8 Å². The monoisotopic (exact) mass is 327 g/mol. The zero-order valence-electron chi connectivity index (χ0n) is 9.87. The molecule has 19 heavy (non-hydrogen) atoms. The summed E-state index contributed by atoms with van der Waals surface area (Å²) >= 11 is 3.08. The number of H-pyrrole nitrogens is 1. The van der Waals surface area contributed by atoms with E-state index in [0.717, 1.165) is 6.42 Å². The van der Waals surface area contributed by atoms with Crippen LogP contribution in [0.5, 0.6) is 0 Å². The number of anilines is 1. The number of ether oxygens (including phenoxy) is 1. The first-order chi connectivity index (χ1) is 9.16. The summed E-state index contributed by atoms with van der Waals surface area (Å²) in [6.45, 7) is 0.591. The van der Waals surface area contributed by atoms with Gasteiger partial charge in [-0.15, -0.1) is 0 Å². The zero-order chi connectivity index (χ0) is 13.4. The van der Waals surface area contributed by atoms with Gasteiger partial charge in [-0.3, -0.25) is 4.79 Å². The van der Waals surface area contributed by atoms with Crippen LogP contribution in [0.25, 0.3) is 11.0 Å². The molecule has 0 bridgehead atoms. The van der Waals surface area contributed by atoms with Crippen LogP contribution in [-0.2, 0) is 9.53 Å². The van der Waals surface area contributed by atoms with Crippen molar-refractivity contribution in [1.29, 1.82) is 0 Å². The molecule has 0 radical (unpaired) electrons. The largest absolute Gasteiger partial charge is 0.368 e. The fourth-order valence-corrected chi connectivity index (χ4v) is 2.43. The van der Waals surface area contributed by atoms with Gasteiger partial charge >= 0.3 is 0 Å². The van der Waals surface area contributed by atoms with Gasteiger partial charge in [0.1, 0.15) is 11.8 Å². The van der Waals surface area contributed by atoms with Crippen LogP contribution in [0.3, 0.4) is 0 Å².